The van der Waals surface area contributed by atoms with Gasteiger partial charge in [-0.2, -0.15) is 0 Å². The molecule has 0 aliphatic rings. The Morgan fingerprint density at radius 2 is 2.12 bits per heavy atom. The number of carbonyl (C=O) groups is 1. The molecule has 0 amide bonds. The van der Waals surface area contributed by atoms with Crippen LogP contribution in [0.1, 0.15) is 12.0 Å². The monoisotopic (exact) mass is 237 g/mol. The summed E-state index contributed by atoms with van der Waals surface area (Å²) in [4.78, 5) is 11.3. The third-order valence-corrected chi connectivity index (χ3v) is 2.51. The molecule has 2 N–H and O–H groups in total. The maximum Gasteiger partial charge on any atom is 0.307 e. The molecule has 1 rings (SSSR count). The highest BCUT2D eigenvalue weighted by atomic mass is 16.5. The zero-order valence-electron chi connectivity index (χ0n) is 10.1. The number of aliphatic hydroxyl groups excluding tert-OH is 1. The fourth-order valence-electron chi connectivity index (χ4n) is 1.67. The van der Waals surface area contributed by atoms with Gasteiger partial charge in [0.1, 0.15) is 0 Å². The molecule has 1 atom stereocenters. The van der Waals surface area contributed by atoms with Gasteiger partial charge in [-0.1, -0.05) is 30.3 Å². The first-order chi connectivity index (χ1) is 8.26. The fourth-order valence-corrected chi connectivity index (χ4v) is 1.67. The van der Waals surface area contributed by atoms with Crippen molar-refractivity contribution >= 4 is 5.97 Å². The minimum absolute atomic E-state index is 0.00278. The summed E-state index contributed by atoms with van der Waals surface area (Å²) in [6.07, 6.45) is 1.06. The topological polar surface area (TPSA) is 58.6 Å². The number of methoxy groups -OCH3 is 1. The number of nitrogens with one attached hydrogen (secondary N) is 1. The molecule has 94 valence electrons. The molecule has 0 aliphatic heterocycles. The maximum absolute atomic E-state index is 11.3. The normalized spacial score (nSPS) is 12.1. The highest BCUT2D eigenvalue weighted by Gasteiger charge is 2.13. The lowest BCUT2D eigenvalue weighted by Gasteiger charge is -2.17. The number of hydrogen-bond donors (Lipinski definition) is 2. The molecule has 0 heterocycles. The van der Waals surface area contributed by atoms with Gasteiger partial charge in [0.15, 0.2) is 0 Å². The Balaban J connectivity index is 2.53. The maximum atomic E-state index is 11.3. The summed E-state index contributed by atoms with van der Waals surface area (Å²) in [7, 11) is 1.38. The Morgan fingerprint density at radius 3 is 2.71 bits per heavy atom. The molecule has 0 radical (unpaired) electrons. The summed E-state index contributed by atoms with van der Waals surface area (Å²) in [6.45, 7) is 0.543. The standard InChI is InChI=1S/C13H19NO3/c1-17-13(16)10-12(14-7-8-15)9-11-5-3-2-4-6-11/h2-6,12,14-15H,7-10H2,1H3. The molecule has 0 spiro atoms. The Kier molecular flexibility index (Phi) is 6.29. The first-order valence-corrected chi connectivity index (χ1v) is 5.71. The number of hydrogen-bond acceptors (Lipinski definition) is 4. The van der Waals surface area contributed by atoms with E-state index < -0.39 is 0 Å². The van der Waals surface area contributed by atoms with Crippen molar-refractivity contribution < 1.29 is 14.6 Å². The summed E-state index contributed by atoms with van der Waals surface area (Å²) in [5.41, 5.74) is 1.16. The van der Waals surface area contributed by atoms with Crippen LogP contribution in [0.15, 0.2) is 30.3 Å². The van der Waals surface area contributed by atoms with Crippen LogP contribution in [-0.2, 0) is 16.0 Å². The number of ether oxygens (including phenoxy) is 1. The van der Waals surface area contributed by atoms with Gasteiger partial charge in [-0.05, 0) is 12.0 Å². The first kappa shape index (κ1) is 13.7. The zero-order valence-corrected chi connectivity index (χ0v) is 10.1. The molecule has 0 saturated carbocycles. The quantitative estimate of drug-likeness (QED) is 0.687. The molecule has 1 unspecified atom stereocenters. The summed E-state index contributed by atoms with van der Waals surface area (Å²) in [6, 6.07) is 9.93. The molecule has 4 heteroatoms. The van der Waals surface area contributed by atoms with Crippen molar-refractivity contribution in [2.24, 2.45) is 0 Å². The van der Waals surface area contributed by atoms with Crippen LogP contribution in [0, 0.1) is 0 Å². The average Bonchev–Trinajstić information content (AvgIpc) is 2.37. The van der Waals surface area contributed by atoms with Gasteiger partial charge in [0.25, 0.3) is 0 Å². The highest BCUT2D eigenvalue weighted by molar-refractivity contribution is 5.69. The number of carbonyl (C=O) groups excluding carboxylic acids is 1. The Hall–Kier alpha value is -1.39. The molecule has 4 nitrogen and oxygen atoms in total. The van der Waals surface area contributed by atoms with Crippen LogP contribution in [0.5, 0.6) is 0 Å². The number of esters is 1. The van der Waals surface area contributed by atoms with Gasteiger partial charge in [0, 0.05) is 12.6 Å². The van der Waals surface area contributed by atoms with Crippen LogP contribution in [0.4, 0.5) is 0 Å². The lowest BCUT2D eigenvalue weighted by Crippen LogP contribution is -2.35. The molecule has 0 aliphatic carbocycles. The smallest absolute Gasteiger partial charge is 0.307 e. The van der Waals surface area contributed by atoms with Crippen LogP contribution in [-0.4, -0.2) is 37.4 Å². The van der Waals surface area contributed by atoms with Crippen molar-refractivity contribution in [2.75, 3.05) is 20.3 Å². The molecule has 1 aromatic carbocycles. The van der Waals surface area contributed by atoms with E-state index in [0.29, 0.717) is 13.0 Å². The van der Waals surface area contributed by atoms with E-state index in [4.69, 9.17) is 5.11 Å². The Bertz CT molecular complexity index is 327. The van der Waals surface area contributed by atoms with Crippen molar-refractivity contribution in [1.82, 2.24) is 5.32 Å². The highest BCUT2D eigenvalue weighted by Crippen LogP contribution is 2.06. The largest absolute Gasteiger partial charge is 0.469 e. The second kappa shape index (κ2) is 7.81. The van der Waals surface area contributed by atoms with Crippen LogP contribution in [0.3, 0.4) is 0 Å². The van der Waals surface area contributed by atoms with Crippen molar-refractivity contribution in [3.63, 3.8) is 0 Å². The third-order valence-electron chi connectivity index (χ3n) is 2.51. The zero-order chi connectivity index (χ0) is 12.5. The Labute approximate surface area is 102 Å². The summed E-state index contributed by atoms with van der Waals surface area (Å²) in [5.74, 6) is -0.239. The van der Waals surface area contributed by atoms with Gasteiger partial charge in [0.2, 0.25) is 0 Å². The van der Waals surface area contributed by atoms with E-state index in [-0.39, 0.29) is 18.6 Å². The second-order valence-corrected chi connectivity index (χ2v) is 3.84. The van der Waals surface area contributed by atoms with E-state index in [2.05, 4.69) is 10.1 Å². The summed E-state index contributed by atoms with van der Waals surface area (Å²) in [5, 5.41) is 11.9. The first-order valence-electron chi connectivity index (χ1n) is 5.71. The predicted octanol–water partition coefficient (Wildman–Crippen LogP) is 0.743. The molecule has 17 heavy (non-hydrogen) atoms. The van der Waals surface area contributed by atoms with Gasteiger partial charge in [-0.3, -0.25) is 4.79 Å². The van der Waals surface area contributed by atoms with Crippen molar-refractivity contribution in [3.05, 3.63) is 35.9 Å². The average molecular weight is 237 g/mol. The van der Waals surface area contributed by atoms with Crippen LogP contribution >= 0.6 is 0 Å². The van der Waals surface area contributed by atoms with Crippen molar-refractivity contribution in [1.29, 1.82) is 0 Å². The minimum atomic E-state index is -0.239. The molecule has 0 fully saturated rings. The lowest BCUT2D eigenvalue weighted by atomic mass is 10.0. The third kappa shape index (κ3) is 5.47. The van der Waals surface area contributed by atoms with E-state index in [1.54, 1.807) is 0 Å². The van der Waals surface area contributed by atoms with E-state index in [9.17, 15) is 4.79 Å². The molecule has 1 aromatic rings. The van der Waals surface area contributed by atoms with Gasteiger partial charge in [0.05, 0.1) is 20.1 Å². The number of rotatable bonds is 7. The fraction of sp³-hybridized carbons (Fsp3) is 0.462. The van der Waals surface area contributed by atoms with Gasteiger partial charge in [-0.15, -0.1) is 0 Å². The van der Waals surface area contributed by atoms with Gasteiger partial charge >= 0.3 is 5.97 Å². The van der Waals surface area contributed by atoms with E-state index >= 15 is 0 Å². The van der Waals surface area contributed by atoms with Crippen LogP contribution < -0.4 is 5.32 Å². The second-order valence-electron chi connectivity index (χ2n) is 3.84. The van der Waals surface area contributed by atoms with Crippen molar-refractivity contribution in [3.8, 4) is 0 Å². The Morgan fingerprint density at radius 1 is 1.41 bits per heavy atom. The van der Waals surface area contributed by atoms with E-state index in [1.807, 2.05) is 30.3 Å². The molecular weight excluding hydrogens is 218 g/mol. The molecule has 0 bridgehead atoms. The number of benzene rings is 1. The number of aliphatic hydroxyl groups is 1. The summed E-state index contributed by atoms with van der Waals surface area (Å²) >= 11 is 0. The van der Waals surface area contributed by atoms with E-state index in [0.717, 1.165) is 12.0 Å². The lowest BCUT2D eigenvalue weighted by molar-refractivity contribution is -0.141. The SMILES string of the molecule is COC(=O)CC(Cc1ccccc1)NCCO. The van der Waals surface area contributed by atoms with Crippen LogP contribution in [0.25, 0.3) is 0 Å². The molecular formula is C13H19NO3. The molecule has 0 aromatic heterocycles. The predicted molar refractivity (Wildman–Crippen MR) is 65.7 cm³/mol. The van der Waals surface area contributed by atoms with Crippen molar-refractivity contribution in [2.45, 2.75) is 18.9 Å². The molecule has 0 saturated heterocycles. The van der Waals surface area contributed by atoms with E-state index in [1.165, 1.54) is 7.11 Å². The summed E-state index contributed by atoms with van der Waals surface area (Å²) < 4.78 is 4.66. The minimum Gasteiger partial charge on any atom is -0.469 e. The van der Waals surface area contributed by atoms with Crippen LogP contribution in [0.2, 0.25) is 0 Å². The van der Waals surface area contributed by atoms with Gasteiger partial charge in [-0.25, -0.2) is 0 Å². The van der Waals surface area contributed by atoms with Gasteiger partial charge < -0.3 is 15.2 Å².